The van der Waals surface area contributed by atoms with Crippen molar-refractivity contribution < 1.29 is 20.1 Å². The van der Waals surface area contributed by atoms with Crippen LogP contribution in [0.3, 0.4) is 0 Å². The molecule has 1 aliphatic carbocycles. The number of carboxylic acids is 1. The van der Waals surface area contributed by atoms with Crippen LogP contribution in [0.25, 0.3) is 22.6 Å². The molecule has 0 saturated heterocycles. The minimum Gasteiger partial charge on any atom is -0.508 e. The number of carbonyl (C=O) groups is 1. The second-order valence-corrected chi connectivity index (χ2v) is 6.34. The number of carboxylic acid groups (broad SMARTS) is 1. The zero-order valence-corrected chi connectivity index (χ0v) is 14.8. The van der Waals surface area contributed by atoms with Gasteiger partial charge in [0.05, 0.1) is 16.8 Å². The van der Waals surface area contributed by atoms with E-state index in [9.17, 15) is 15.0 Å². The molecule has 0 atom stereocenters. The third kappa shape index (κ3) is 3.14. The Balaban J connectivity index is 1.90. The van der Waals surface area contributed by atoms with Crippen molar-refractivity contribution in [1.29, 1.82) is 0 Å². The first-order chi connectivity index (χ1) is 13.5. The number of aromatic nitrogens is 3. The number of phenols is 1. The van der Waals surface area contributed by atoms with Crippen LogP contribution in [-0.2, 0) is 0 Å². The number of hydrogen-bond acceptors (Lipinski definition) is 5. The minimum atomic E-state index is -1.02. The molecule has 7 heteroatoms. The van der Waals surface area contributed by atoms with Crippen molar-refractivity contribution in [2.75, 3.05) is 0 Å². The zero-order chi connectivity index (χ0) is 19.7. The number of aliphatic hydroxyl groups is 1. The van der Waals surface area contributed by atoms with Crippen LogP contribution in [0, 0.1) is 0 Å². The van der Waals surface area contributed by atoms with Crippen LogP contribution in [0.4, 0.5) is 0 Å². The van der Waals surface area contributed by atoms with E-state index in [-0.39, 0.29) is 17.1 Å². The Labute approximate surface area is 160 Å². The van der Waals surface area contributed by atoms with E-state index in [1.165, 1.54) is 16.8 Å². The summed E-state index contributed by atoms with van der Waals surface area (Å²) in [6.07, 6.45) is 4.88. The van der Waals surface area contributed by atoms with Gasteiger partial charge in [0.2, 0.25) is 0 Å². The van der Waals surface area contributed by atoms with Gasteiger partial charge < -0.3 is 15.3 Å². The van der Waals surface area contributed by atoms with Crippen LogP contribution in [0.15, 0.2) is 66.4 Å². The zero-order valence-electron chi connectivity index (χ0n) is 14.8. The number of phenolic OH excluding ortho intramolecular Hbond substituents is 1. The summed E-state index contributed by atoms with van der Waals surface area (Å²) in [5.41, 5.74) is 1.86. The van der Waals surface area contributed by atoms with Crippen LogP contribution in [0.1, 0.15) is 29.0 Å². The minimum absolute atomic E-state index is 0.0478. The number of hydrogen-bond donors (Lipinski definition) is 3. The van der Waals surface area contributed by atoms with Gasteiger partial charge in [-0.15, -0.1) is 5.10 Å². The van der Waals surface area contributed by atoms with E-state index < -0.39 is 5.97 Å². The summed E-state index contributed by atoms with van der Waals surface area (Å²) in [4.78, 5) is 15.7. The van der Waals surface area contributed by atoms with Crippen molar-refractivity contribution in [2.24, 2.45) is 0 Å². The lowest BCUT2D eigenvalue weighted by Gasteiger charge is -2.08. The first-order valence-corrected chi connectivity index (χ1v) is 8.73. The lowest BCUT2D eigenvalue weighted by molar-refractivity contribution is 0.0697. The van der Waals surface area contributed by atoms with Crippen molar-refractivity contribution in [3.05, 3.63) is 77.8 Å². The Morgan fingerprint density at radius 3 is 2.46 bits per heavy atom. The molecule has 7 nitrogen and oxygen atoms in total. The average molecular weight is 375 g/mol. The molecule has 0 aliphatic heterocycles. The maximum absolute atomic E-state index is 11.1. The van der Waals surface area contributed by atoms with E-state index in [1.54, 1.807) is 42.5 Å². The summed E-state index contributed by atoms with van der Waals surface area (Å²) in [6, 6.07) is 13.0. The summed E-state index contributed by atoms with van der Waals surface area (Å²) >= 11 is 0. The monoisotopic (exact) mass is 375 g/mol. The molecule has 0 unspecified atom stereocenters. The third-order valence-electron chi connectivity index (χ3n) is 4.53. The van der Waals surface area contributed by atoms with E-state index in [4.69, 9.17) is 5.11 Å². The smallest absolute Gasteiger partial charge is 0.335 e. The third-order valence-corrected chi connectivity index (χ3v) is 4.53. The lowest BCUT2D eigenvalue weighted by Crippen LogP contribution is -2.02. The molecule has 0 amide bonds. The quantitative estimate of drug-likeness (QED) is 0.637. The van der Waals surface area contributed by atoms with Crippen LogP contribution in [0.2, 0.25) is 0 Å². The number of rotatable bonds is 4. The predicted octanol–water partition coefficient (Wildman–Crippen LogP) is 3.96. The highest BCUT2D eigenvalue weighted by molar-refractivity contribution is 5.87. The van der Waals surface area contributed by atoms with Crippen molar-refractivity contribution in [3.63, 3.8) is 0 Å². The SMILES string of the molecule is O=C(O)c1ccc(-n2nc(C3=C(O)C=CCC3)nc2-c2ccccc2O)cc1. The molecule has 28 heavy (non-hydrogen) atoms. The highest BCUT2D eigenvalue weighted by atomic mass is 16.4. The van der Waals surface area contributed by atoms with Gasteiger partial charge in [0, 0.05) is 5.57 Å². The Kier molecular flexibility index (Phi) is 4.41. The van der Waals surface area contributed by atoms with Gasteiger partial charge in [0.15, 0.2) is 11.6 Å². The Morgan fingerprint density at radius 1 is 1.04 bits per heavy atom. The number of allylic oxidation sites excluding steroid dienone is 3. The summed E-state index contributed by atoms with van der Waals surface area (Å²) in [5, 5.41) is 34.1. The van der Waals surface area contributed by atoms with Gasteiger partial charge in [-0.2, -0.15) is 0 Å². The number of aromatic hydroxyl groups is 1. The van der Waals surface area contributed by atoms with Crippen LogP contribution in [0.5, 0.6) is 5.75 Å². The van der Waals surface area contributed by atoms with Gasteiger partial charge in [-0.25, -0.2) is 14.5 Å². The van der Waals surface area contributed by atoms with E-state index >= 15 is 0 Å². The average Bonchev–Trinajstić information content (AvgIpc) is 3.13. The van der Waals surface area contributed by atoms with E-state index in [0.717, 1.165) is 6.42 Å². The molecule has 1 aromatic heterocycles. The van der Waals surface area contributed by atoms with Gasteiger partial charge in [-0.1, -0.05) is 18.2 Å². The molecule has 2 aromatic carbocycles. The molecule has 1 aliphatic rings. The van der Waals surface area contributed by atoms with Gasteiger partial charge >= 0.3 is 5.97 Å². The summed E-state index contributed by atoms with van der Waals surface area (Å²) < 4.78 is 1.54. The number of benzene rings is 2. The Bertz CT molecular complexity index is 1110. The molecule has 1 heterocycles. The molecule has 0 spiro atoms. The number of nitrogens with zero attached hydrogens (tertiary/aromatic N) is 3. The molecule has 0 bridgehead atoms. The van der Waals surface area contributed by atoms with Crippen molar-refractivity contribution >= 4 is 11.5 Å². The maximum Gasteiger partial charge on any atom is 0.335 e. The number of aliphatic hydroxyl groups excluding tert-OH is 1. The normalized spacial score (nSPS) is 13.7. The topological polar surface area (TPSA) is 108 Å². The van der Waals surface area contributed by atoms with E-state index in [1.807, 2.05) is 6.08 Å². The van der Waals surface area contributed by atoms with E-state index in [2.05, 4.69) is 10.1 Å². The van der Waals surface area contributed by atoms with Crippen LogP contribution < -0.4 is 0 Å². The molecular formula is C21H17N3O4. The lowest BCUT2D eigenvalue weighted by atomic mass is 10.0. The summed E-state index contributed by atoms with van der Waals surface area (Å²) in [6.45, 7) is 0. The fourth-order valence-electron chi connectivity index (χ4n) is 3.08. The first kappa shape index (κ1) is 17.5. The molecule has 4 rings (SSSR count). The first-order valence-electron chi connectivity index (χ1n) is 8.73. The van der Waals surface area contributed by atoms with Crippen LogP contribution >= 0.6 is 0 Å². The highest BCUT2D eigenvalue weighted by Crippen LogP contribution is 2.32. The van der Waals surface area contributed by atoms with Gasteiger partial charge in [0.1, 0.15) is 11.5 Å². The molecule has 3 aromatic rings. The van der Waals surface area contributed by atoms with Crippen molar-refractivity contribution in [2.45, 2.75) is 12.8 Å². The second kappa shape index (κ2) is 7.03. The Hall–Kier alpha value is -3.87. The van der Waals surface area contributed by atoms with Gasteiger partial charge in [0.25, 0.3) is 0 Å². The number of para-hydroxylation sites is 1. The molecular weight excluding hydrogens is 358 g/mol. The maximum atomic E-state index is 11.1. The second-order valence-electron chi connectivity index (χ2n) is 6.34. The van der Waals surface area contributed by atoms with Crippen LogP contribution in [-0.4, -0.2) is 36.1 Å². The summed E-state index contributed by atoms with van der Waals surface area (Å²) in [7, 11) is 0. The fraction of sp³-hybridized carbons (Fsp3) is 0.0952. The largest absolute Gasteiger partial charge is 0.508 e. The highest BCUT2D eigenvalue weighted by Gasteiger charge is 2.21. The standard InChI is InChI=1S/C21H17N3O4/c25-17-7-3-1-5-15(17)19-22-20(16-6-2-4-8-18(16)26)24(23-19)14-11-9-13(10-12-14)21(27)28/h2-4,6-12,25-26H,1,5H2,(H,27,28). The molecule has 0 fully saturated rings. The molecule has 140 valence electrons. The van der Waals surface area contributed by atoms with E-state index in [0.29, 0.717) is 34.9 Å². The van der Waals surface area contributed by atoms with Crippen molar-refractivity contribution in [1.82, 2.24) is 14.8 Å². The summed E-state index contributed by atoms with van der Waals surface area (Å²) in [5.74, 6) is -0.0932. The van der Waals surface area contributed by atoms with Gasteiger partial charge in [-0.05, 0) is 55.3 Å². The fourth-order valence-corrected chi connectivity index (χ4v) is 3.08. The van der Waals surface area contributed by atoms with Gasteiger partial charge in [-0.3, -0.25) is 0 Å². The van der Waals surface area contributed by atoms with Crippen molar-refractivity contribution in [3.8, 4) is 22.8 Å². The molecule has 0 radical (unpaired) electrons. The predicted molar refractivity (Wildman–Crippen MR) is 103 cm³/mol. The molecule has 3 N–H and O–H groups in total. The number of aromatic carboxylic acids is 1. The Morgan fingerprint density at radius 2 is 1.79 bits per heavy atom. The molecule has 0 saturated carbocycles.